The van der Waals surface area contributed by atoms with Crippen molar-refractivity contribution in [2.24, 2.45) is 21.1 Å². The van der Waals surface area contributed by atoms with E-state index in [1.807, 2.05) is 71.1 Å². The highest BCUT2D eigenvalue weighted by atomic mass is 127. The second-order valence-corrected chi connectivity index (χ2v) is 32.8. The quantitative estimate of drug-likeness (QED) is 0.0600. The SMILES string of the molecule is Brc1cnc(I)nc1.CC(=O)c1ccc2c(C3CCCC3)c(-c3ncc(Br)cn3)n(C)c2c1.CC(=O)c1ccc2c(C3CCCC3)c(B3OC(C)(C)C(C)(C)O3)n(C)c2c1.CC(=O)c1ccc2c(C3CCCC3)c(Br)n(C)c2c1.CC(C)(O)C(C)(C)O.CC1(C)OBOC1(C)C.I. The molecule has 2 aliphatic heterocycles. The summed E-state index contributed by atoms with van der Waals surface area (Å²) in [7, 11) is 6.23. The van der Waals surface area contributed by atoms with Gasteiger partial charge in [-0.15, -0.1) is 24.0 Å². The van der Waals surface area contributed by atoms with Crippen molar-refractivity contribution in [2.45, 2.75) is 232 Å². The summed E-state index contributed by atoms with van der Waals surface area (Å²) in [5, 5.41) is 22.0. The van der Waals surface area contributed by atoms with Crippen LogP contribution in [0.15, 0.2) is 92.9 Å². The molecule has 16 nitrogen and oxygen atoms in total. The summed E-state index contributed by atoms with van der Waals surface area (Å²) in [6.07, 6.45) is 22.2. The maximum Gasteiger partial charge on any atom is 0.512 e. The Balaban J connectivity index is 0.000000175. The van der Waals surface area contributed by atoms with Gasteiger partial charge in [0.2, 0.25) is 0 Å². The number of Topliss-reactive ketones (excluding diaryl/α,β-unsaturated/α-hetero) is 3. The van der Waals surface area contributed by atoms with Crippen LogP contribution in [0.25, 0.3) is 44.2 Å². The molecule has 97 heavy (non-hydrogen) atoms. The predicted molar refractivity (Wildman–Crippen MR) is 422 cm³/mol. The van der Waals surface area contributed by atoms with Gasteiger partial charge in [0.05, 0.1) is 58.4 Å². The Hall–Kier alpha value is -3.76. The van der Waals surface area contributed by atoms with E-state index in [1.54, 1.807) is 73.3 Å². The minimum absolute atomic E-state index is 0. The fourth-order valence-corrected chi connectivity index (χ4v) is 14.2. The van der Waals surface area contributed by atoms with E-state index in [2.05, 4.69) is 164 Å². The number of ketones is 3. The van der Waals surface area contributed by atoms with Crippen molar-refractivity contribution in [1.29, 1.82) is 0 Å². The number of hydrogen-bond acceptors (Lipinski definition) is 13. The molecule has 0 bridgehead atoms. The van der Waals surface area contributed by atoms with E-state index in [4.69, 9.17) is 28.8 Å². The highest BCUT2D eigenvalue weighted by Gasteiger charge is 2.54. The van der Waals surface area contributed by atoms with Crippen LogP contribution in [0.4, 0.5) is 0 Å². The molecular weight excluding hydrogens is 1650 g/mol. The number of halogens is 5. The van der Waals surface area contributed by atoms with Gasteiger partial charge in [0.1, 0.15) is 0 Å². The van der Waals surface area contributed by atoms with Crippen LogP contribution in [0.5, 0.6) is 0 Å². The predicted octanol–water partition coefficient (Wildman–Crippen LogP) is 18.2. The molecule has 5 aromatic heterocycles. The van der Waals surface area contributed by atoms with Crippen molar-refractivity contribution in [2.75, 3.05) is 0 Å². The summed E-state index contributed by atoms with van der Waals surface area (Å²) in [6.45, 7) is 27.7. The minimum Gasteiger partial charge on any atom is -0.406 e. The summed E-state index contributed by atoms with van der Waals surface area (Å²) in [5.41, 5.74) is 8.93. The summed E-state index contributed by atoms with van der Waals surface area (Å²) in [5.74, 6) is 2.79. The first kappa shape index (κ1) is 80.6. The summed E-state index contributed by atoms with van der Waals surface area (Å²) in [6, 6.07) is 18.2. The zero-order valence-corrected chi connectivity index (χ0v) is 69.1. The highest BCUT2D eigenvalue weighted by Crippen LogP contribution is 2.46. The maximum atomic E-state index is 11.9. The van der Waals surface area contributed by atoms with Gasteiger partial charge >= 0.3 is 14.8 Å². The summed E-state index contributed by atoms with van der Waals surface area (Å²) < 4.78 is 33.8. The largest absolute Gasteiger partial charge is 0.512 e. The summed E-state index contributed by atoms with van der Waals surface area (Å²) in [4.78, 5) is 52.2. The average molecular weight is 1740 g/mol. The number of aliphatic hydroxyl groups is 2. The van der Waals surface area contributed by atoms with Gasteiger partial charge in [0, 0.05) is 118 Å². The molecule has 0 atom stereocenters. The molecule has 2 saturated heterocycles. The van der Waals surface area contributed by atoms with Crippen LogP contribution in [-0.2, 0) is 39.8 Å². The first-order chi connectivity index (χ1) is 44.8. The first-order valence-electron chi connectivity index (χ1n) is 33.5. The fourth-order valence-electron chi connectivity index (χ4n) is 12.8. The molecule has 2 N–H and O–H groups in total. The Morgan fingerprint density at radius 1 is 0.526 bits per heavy atom. The molecule has 5 aliphatic rings. The van der Waals surface area contributed by atoms with Crippen molar-refractivity contribution < 1.29 is 43.2 Å². The van der Waals surface area contributed by atoms with Gasteiger partial charge in [-0.3, -0.25) is 14.4 Å². The van der Waals surface area contributed by atoms with E-state index < -0.39 is 11.2 Å². The zero-order valence-electron chi connectivity index (χ0n) is 59.8. The van der Waals surface area contributed by atoms with Crippen LogP contribution < -0.4 is 5.59 Å². The van der Waals surface area contributed by atoms with Crippen LogP contribution in [0.2, 0.25) is 0 Å². The number of benzene rings is 3. The number of carbonyl (C=O) groups is 3. The second kappa shape index (κ2) is 32.7. The number of fused-ring (bicyclic) bond motifs is 3. The van der Waals surface area contributed by atoms with E-state index in [9.17, 15) is 14.4 Å². The van der Waals surface area contributed by atoms with Crippen molar-refractivity contribution in [3.8, 4) is 11.5 Å². The molecule has 0 spiro atoms. The standard InChI is InChI=1S/C22H30BNO3.C20H20BrN3O.C16H18BrNO.C6H13BO2.C6H14O2.C4H2BrIN2.HI/c1-14(25)16-11-12-17-18(13-16)24(6)20(19(17)15-9-7-8-10-15)23-26-21(2,3)22(4,5)27-23;1-12(25)14-7-8-16-17(9-14)24(2)19(18(16)13-5-3-4-6-13)20-22-10-15(21)11-23-20;1-10(19)12-7-8-13-14(9-12)18(2)16(17)15(13)11-5-3-4-6-11;1-5(2)6(3,4)9-7-8-5;1-5(2,7)6(3,4)8;5-3-1-7-4(6)8-2-3;/h11-13,15H,7-10H2,1-6H3;7-11,13H,3-6H2,1-2H3;7-9,11H,3-6H2,1-2H3;7H,1-4H3;7-8H,1-4H3;1-2H;1H. The zero-order chi connectivity index (χ0) is 70.8. The Bertz CT molecular complexity index is 4020. The second-order valence-electron chi connectivity index (χ2n) is 29.3. The molecular formula is C74H98B2Br3I2N7O9. The molecule has 3 aliphatic carbocycles. The normalized spacial score (nSPS) is 18.0. The van der Waals surface area contributed by atoms with E-state index in [0.29, 0.717) is 25.4 Å². The van der Waals surface area contributed by atoms with E-state index in [-0.39, 0.29) is 70.8 Å². The third-order valence-electron chi connectivity index (χ3n) is 20.9. The van der Waals surface area contributed by atoms with Gasteiger partial charge < -0.3 is 42.5 Å². The molecule has 3 aromatic carbocycles. The molecule has 5 fully saturated rings. The minimum atomic E-state index is -1.01. The van der Waals surface area contributed by atoms with Crippen LogP contribution in [-0.4, -0.2) is 110 Å². The third kappa shape index (κ3) is 18.5. The van der Waals surface area contributed by atoms with Gasteiger partial charge in [0.25, 0.3) is 0 Å². The Morgan fingerprint density at radius 3 is 1.21 bits per heavy atom. The highest BCUT2D eigenvalue weighted by molar-refractivity contribution is 14.1. The number of aryl methyl sites for hydroxylation is 3. The van der Waals surface area contributed by atoms with Crippen molar-refractivity contribution >= 4 is 165 Å². The summed E-state index contributed by atoms with van der Waals surface area (Å²) >= 11 is 12.4. The lowest BCUT2D eigenvalue weighted by atomic mass is 9.77. The van der Waals surface area contributed by atoms with Crippen LogP contribution in [0.1, 0.15) is 246 Å². The molecule has 3 saturated carbocycles. The fraction of sp³-hybridized carbons (Fsp3) is 0.527. The Labute approximate surface area is 631 Å². The molecule has 524 valence electrons. The van der Waals surface area contributed by atoms with Crippen LogP contribution in [0, 0.1) is 3.83 Å². The number of nitrogens with zero attached hydrogens (tertiary/aromatic N) is 7. The monoisotopic (exact) mass is 1740 g/mol. The Kier molecular flexibility index (Phi) is 27.2. The lowest BCUT2D eigenvalue weighted by Gasteiger charge is -2.32. The first-order valence-corrected chi connectivity index (χ1v) is 37.0. The molecule has 23 heteroatoms. The lowest BCUT2D eigenvalue weighted by Crippen LogP contribution is -2.44. The van der Waals surface area contributed by atoms with E-state index in [0.717, 1.165) is 63.1 Å². The van der Waals surface area contributed by atoms with Crippen molar-refractivity contribution in [3.63, 3.8) is 0 Å². The van der Waals surface area contributed by atoms with Crippen molar-refractivity contribution in [1.82, 2.24) is 33.6 Å². The Morgan fingerprint density at radius 2 is 0.856 bits per heavy atom. The molecule has 8 aromatic rings. The molecule has 0 amide bonds. The van der Waals surface area contributed by atoms with Gasteiger partial charge in [-0.1, -0.05) is 74.9 Å². The molecule has 13 rings (SSSR count). The van der Waals surface area contributed by atoms with E-state index in [1.165, 1.54) is 115 Å². The van der Waals surface area contributed by atoms with Gasteiger partial charge in [-0.05, 0) is 243 Å². The van der Waals surface area contributed by atoms with Gasteiger partial charge in [-0.25, -0.2) is 19.9 Å². The van der Waals surface area contributed by atoms with Gasteiger partial charge in [-0.2, -0.15) is 0 Å². The number of hydrogen-bond donors (Lipinski definition) is 2. The lowest BCUT2D eigenvalue weighted by molar-refractivity contribution is -0.107. The number of aromatic nitrogens is 7. The van der Waals surface area contributed by atoms with Crippen LogP contribution >= 0.6 is 94.4 Å². The number of rotatable bonds is 9. The smallest absolute Gasteiger partial charge is 0.406 e. The maximum absolute atomic E-state index is 11.9. The molecule has 0 radical (unpaired) electrons. The van der Waals surface area contributed by atoms with E-state index >= 15 is 0 Å². The van der Waals surface area contributed by atoms with Gasteiger partial charge in [0.15, 0.2) is 27.0 Å². The topological polar surface area (TPSA) is 195 Å². The van der Waals surface area contributed by atoms with Crippen LogP contribution in [0.3, 0.4) is 0 Å². The average Bonchev–Trinajstić information content (AvgIpc) is 1.59. The molecule has 0 unspecified atom stereocenters. The third-order valence-corrected chi connectivity index (χ3v) is 23.2. The number of carbonyl (C=O) groups excluding carboxylic acids is 3. The van der Waals surface area contributed by atoms with Crippen molar-refractivity contribution in [3.05, 3.63) is 130 Å². The molecule has 7 heterocycles.